The summed E-state index contributed by atoms with van der Waals surface area (Å²) in [5, 5.41) is 3.60. The minimum atomic E-state index is -0.388. The highest BCUT2D eigenvalue weighted by Gasteiger charge is 2.21. The molecule has 0 fully saturated rings. The highest BCUT2D eigenvalue weighted by molar-refractivity contribution is 8.00. The molecular weight excluding hydrogens is 292 g/mol. The third-order valence-electron chi connectivity index (χ3n) is 2.74. The largest absolute Gasteiger partial charge is 0.465 e. The lowest BCUT2D eigenvalue weighted by Crippen LogP contribution is -2.32. The van der Waals surface area contributed by atoms with Gasteiger partial charge in [0.2, 0.25) is 0 Å². The molecule has 21 heavy (non-hydrogen) atoms. The van der Waals surface area contributed by atoms with E-state index < -0.39 is 0 Å². The van der Waals surface area contributed by atoms with Gasteiger partial charge in [0.25, 0.3) is 5.56 Å². The number of aromatic amines is 1. The number of rotatable bonds is 4. The van der Waals surface area contributed by atoms with Gasteiger partial charge in [0, 0.05) is 0 Å². The first-order chi connectivity index (χ1) is 9.84. The molecule has 7 nitrogen and oxygen atoms in total. The number of carbonyl (C=O) groups excluding carboxylic acids is 1. The van der Waals surface area contributed by atoms with E-state index in [1.54, 1.807) is 6.92 Å². The van der Waals surface area contributed by atoms with Gasteiger partial charge in [0.15, 0.2) is 5.52 Å². The molecule has 8 heteroatoms. The Morgan fingerprint density at radius 3 is 2.76 bits per heavy atom. The van der Waals surface area contributed by atoms with E-state index in [-0.39, 0.29) is 22.8 Å². The summed E-state index contributed by atoms with van der Waals surface area (Å²) in [5.74, 6) is -0.172. The molecule has 0 saturated heterocycles. The van der Waals surface area contributed by atoms with Crippen molar-refractivity contribution in [3.63, 3.8) is 0 Å². The van der Waals surface area contributed by atoms with Crippen molar-refractivity contribution in [2.75, 3.05) is 12.4 Å². The second-order valence-electron chi connectivity index (χ2n) is 5.42. The monoisotopic (exact) mass is 310 g/mol. The van der Waals surface area contributed by atoms with Gasteiger partial charge in [-0.15, -0.1) is 0 Å². The smallest absolute Gasteiger partial charge is 0.316 e. The molecule has 0 bridgehead atoms. The van der Waals surface area contributed by atoms with Crippen molar-refractivity contribution < 1.29 is 9.53 Å². The van der Waals surface area contributed by atoms with Gasteiger partial charge in [-0.05, 0) is 27.7 Å². The molecule has 2 aromatic rings. The molecular formula is C13H18N4O3S. The van der Waals surface area contributed by atoms with Crippen molar-refractivity contribution in [1.82, 2.24) is 19.7 Å². The number of H-pyrrole nitrogens is 1. The van der Waals surface area contributed by atoms with Crippen LogP contribution in [0.3, 0.4) is 0 Å². The van der Waals surface area contributed by atoms with E-state index in [0.29, 0.717) is 22.7 Å². The van der Waals surface area contributed by atoms with Crippen LogP contribution in [0.5, 0.6) is 0 Å². The number of aromatic nitrogens is 4. The molecule has 0 aliphatic carbocycles. The fraction of sp³-hybridized carbons (Fsp3) is 0.538. The summed E-state index contributed by atoms with van der Waals surface area (Å²) < 4.78 is 6.39. The molecule has 0 aromatic carbocycles. The van der Waals surface area contributed by atoms with Crippen LogP contribution in [0.15, 0.2) is 16.1 Å². The number of thioether (sulfide) groups is 1. The van der Waals surface area contributed by atoms with Crippen molar-refractivity contribution >= 4 is 28.8 Å². The Kier molecular flexibility index (Phi) is 4.36. The zero-order valence-corrected chi connectivity index (χ0v) is 13.3. The van der Waals surface area contributed by atoms with Gasteiger partial charge >= 0.3 is 5.97 Å². The normalized spacial score (nSPS) is 11.8. The lowest BCUT2D eigenvalue weighted by molar-refractivity contribution is -0.139. The van der Waals surface area contributed by atoms with Crippen LogP contribution in [0.2, 0.25) is 0 Å². The lowest BCUT2D eigenvalue weighted by Gasteiger charge is -2.18. The Bertz CT molecular complexity index is 714. The van der Waals surface area contributed by atoms with E-state index in [1.165, 1.54) is 22.8 Å². The van der Waals surface area contributed by atoms with E-state index in [1.807, 2.05) is 20.8 Å². The zero-order valence-electron chi connectivity index (χ0n) is 12.5. The average Bonchev–Trinajstić information content (AvgIpc) is 2.75. The van der Waals surface area contributed by atoms with Crippen molar-refractivity contribution in [3.05, 3.63) is 16.7 Å². The predicted octanol–water partition coefficient (Wildman–Crippen LogP) is 1.53. The molecule has 0 saturated carbocycles. The number of esters is 1. The number of nitrogens with zero attached hydrogens (tertiary/aromatic N) is 3. The number of hydrogen-bond donors (Lipinski definition) is 1. The Hall–Kier alpha value is -1.83. The molecule has 0 unspecified atom stereocenters. The van der Waals surface area contributed by atoms with Crippen LogP contribution in [-0.4, -0.2) is 38.1 Å². The van der Waals surface area contributed by atoms with Gasteiger partial charge in [0.1, 0.15) is 16.9 Å². The minimum Gasteiger partial charge on any atom is -0.465 e. The molecule has 2 aromatic heterocycles. The highest BCUT2D eigenvalue weighted by Crippen LogP contribution is 2.23. The lowest BCUT2D eigenvalue weighted by atomic mass is 10.1. The maximum Gasteiger partial charge on any atom is 0.316 e. The summed E-state index contributed by atoms with van der Waals surface area (Å²) >= 11 is 1.22. The Labute approximate surface area is 126 Å². The maximum atomic E-state index is 12.3. The first-order valence-corrected chi connectivity index (χ1v) is 7.57. The number of ether oxygens (including phenoxy) is 1. The van der Waals surface area contributed by atoms with E-state index in [0.717, 1.165) is 0 Å². The number of hydrogen-bond acceptors (Lipinski definition) is 6. The predicted molar refractivity (Wildman–Crippen MR) is 80.5 cm³/mol. The topological polar surface area (TPSA) is 89.9 Å². The zero-order chi connectivity index (χ0) is 15.6. The first-order valence-electron chi connectivity index (χ1n) is 6.59. The summed E-state index contributed by atoms with van der Waals surface area (Å²) in [6, 6.07) is 0. The van der Waals surface area contributed by atoms with Crippen LogP contribution in [0.25, 0.3) is 11.0 Å². The summed E-state index contributed by atoms with van der Waals surface area (Å²) in [7, 11) is 0. The standard InChI is InChI=1S/C13H18N4O3S/c1-5-20-8(18)6-21-11-9-10(14-7-15-11)12(19)17(16-9)13(2,3)4/h7,16H,5-6H2,1-4H3. The Morgan fingerprint density at radius 1 is 1.43 bits per heavy atom. The molecule has 0 aliphatic rings. The van der Waals surface area contributed by atoms with Crippen molar-refractivity contribution in [1.29, 1.82) is 0 Å². The fourth-order valence-corrected chi connectivity index (χ4v) is 2.56. The van der Waals surface area contributed by atoms with Crippen molar-refractivity contribution in [2.45, 2.75) is 38.3 Å². The third kappa shape index (κ3) is 3.26. The van der Waals surface area contributed by atoms with Gasteiger partial charge in [-0.25, -0.2) is 14.6 Å². The van der Waals surface area contributed by atoms with Crippen LogP contribution < -0.4 is 5.56 Å². The molecule has 0 spiro atoms. The quantitative estimate of drug-likeness (QED) is 0.523. The van der Waals surface area contributed by atoms with Gasteiger partial charge < -0.3 is 4.74 Å². The molecule has 0 amide bonds. The second kappa shape index (κ2) is 5.88. The van der Waals surface area contributed by atoms with E-state index >= 15 is 0 Å². The Morgan fingerprint density at radius 2 is 2.14 bits per heavy atom. The third-order valence-corrected chi connectivity index (χ3v) is 3.71. The average molecular weight is 310 g/mol. The van der Waals surface area contributed by atoms with Gasteiger partial charge in [-0.3, -0.25) is 14.7 Å². The van der Waals surface area contributed by atoms with E-state index in [4.69, 9.17) is 4.74 Å². The van der Waals surface area contributed by atoms with Gasteiger partial charge in [-0.2, -0.15) is 0 Å². The summed E-state index contributed by atoms with van der Waals surface area (Å²) in [6.45, 7) is 7.86. The van der Waals surface area contributed by atoms with Crippen LogP contribution >= 0.6 is 11.8 Å². The first kappa shape index (κ1) is 15.6. The van der Waals surface area contributed by atoms with Crippen LogP contribution in [-0.2, 0) is 15.1 Å². The van der Waals surface area contributed by atoms with Crippen LogP contribution in [0, 0.1) is 0 Å². The molecule has 114 valence electrons. The van der Waals surface area contributed by atoms with E-state index in [2.05, 4.69) is 15.1 Å². The number of fused-ring (bicyclic) bond motifs is 1. The maximum absolute atomic E-state index is 12.3. The van der Waals surface area contributed by atoms with Crippen molar-refractivity contribution in [2.24, 2.45) is 0 Å². The van der Waals surface area contributed by atoms with E-state index in [9.17, 15) is 9.59 Å². The van der Waals surface area contributed by atoms with Gasteiger partial charge in [0.05, 0.1) is 17.9 Å². The fourth-order valence-electron chi connectivity index (χ4n) is 1.81. The molecule has 2 rings (SSSR count). The molecule has 0 radical (unpaired) electrons. The highest BCUT2D eigenvalue weighted by atomic mass is 32.2. The summed E-state index contributed by atoms with van der Waals surface area (Å²) in [4.78, 5) is 31.9. The second-order valence-corrected chi connectivity index (χ2v) is 6.38. The molecule has 1 N–H and O–H groups in total. The molecule has 0 atom stereocenters. The Balaban J connectivity index is 2.38. The van der Waals surface area contributed by atoms with Crippen LogP contribution in [0.1, 0.15) is 27.7 Å². The number of carbonyl (C=O) groups is 1. The molecule has 0 aliphatic heterocycles. The van der Waals surface area contributed by atoms with Crippen LogP contribution in [0.4, 0.5) is 0 Å². The van der Waals surface area contributed by atoms with Gasteiger partial charge in [-0.1, -0.05) is 11.8 Å². The minimum absolute atomic E-state index is 0.142. The summed E-state index contributed by atoms with van der Waals surface area (Å²) in [6.07, 6.45) is 1.33. The SMILES string of the molecule is CCOC(=O)CSc1ncnc2c(=O)n(C(C)(C)C)[nH]c12. The number of nitrogens with one attached hydrogen (secondary N) is 1. The van der Waals surface area contributed by atoms with Crippen molar-refractivity contribution in [3.8, 4) is 0 Å². The molecule has 2 heterocycles. The summed E-state index contributed by atoms with van der Waals surface area (Å²) in [5.41, 5.74) is 0.289.